The fraction of sp³-hybridized carbons (Fsp3) is 0.200. The third-order valence-corrected chi connectivity index (χ3v) is 3.96. The first-order chi connectivity index (χ1) is 9.10. The highest BCUT2D eigenvalue weighted by atomic mass is 35.5. The van der Waals surface area contributed by atoms with Crippen molar-refractivity contribution in [2.45, 2.75) is 17.4 Å². The van der Waals surface area contributed by atoms with Gasteiger partial charge in [-0.15, -0.1) is 11.8 Å². The Morgan fingerprint density at radius 2 is 1.89 bits per heavy atom. The molecule has 0 fully saturated rings. The topological polar surface area (TPSA) is 20.2 Å². The fourth-order valence-corrected chi connectivity index (χ4v) is 2.36. The molecule has 1 nitrogen and oxygen atoms in total. The zero-order valence-corrected chi connectivity index (χ0v) is 12.0. The van der Waals surface area contributed by atoms with E-state index in [1.165, 1.54) is 12.1 Å². The van der Waals surface area contributed by atoms with Crippen molar-refractivity contribution in [1.82, 2.24) is 0 Å². The number of rotatable bonds is 4. The van der Waals surface area contributed by atoms with Crippen LogP contribution in [0.5, 0.6) is 0 Å². The minimum absolute atomic E-state index is 0.0996. The lowest BCUT2D eigenvalue weighted by Gasteiger charge is -2.12. The van der Waals surface area contributed by atoms with Crippen molar-refractivity contribution in [3.05, 3.63) is 64.4 Å². The minimum Gasteiger partial charge on any atom is -0.388 e. The summed E-state index contributed by atoms with van der Waals surface area (Å²) in [7, 11) is 0. The van der Waals surface area contributed by atoms with Crippen LogP contribution in [0.1, 0.15) is 17.2 Å². The predicted molar refractivity (Wildman–Crippen MR) is 78.3 cm³/mol. The molecule has 0 heterocycles. The van der Waals surface area contributed by atoms with Gasteiger partial charge in [0.15, 0.2) is 0 Å². The lowest BCUT2D eigenvalue weighted by atomic mass is 10.0. The van der Waals surface area contributed by atoms with E-state index in [4.69, 9.17) is 11.6 Å². The first-order valence-electron chi connectivity index (χ1n) is 5.86. The standard InChI is InChI=1S/C15H14ClFOS/c1-19-12-5-3-11(4-6-12)15(18)9-10-2-7-13(16)14(17)8-10/h2-8,15,18H,9H2,1H3. The molecule has 0 saturated heterocycles. The van der Waals surface area contributed by atoms with Crippen molar-refractivity contribution in [2.24, 2.45) is 0 Å². The van der Waals surface area contributed by atoms with E-state index in [1.54, 1.807) is 17.8 Å². The van der Waals surface area contributed by atoms with Crippen molar-refractivity contribution in [3.63, 3.8) is 0 Å². The Labute approximate surface area is 121 Å². The Bertz CT molecular complexity index is 557. The molecule has 4 heteroatoms. The molecule has 0 aliphatic carbocycles. The van der Waals surface area contributed by atoms with Crippen LogP contribution in [0.15, 0.2) is 47.4 Å². The van der Waals surface area contributed by atoms with Gasteiger partial charge < -0.3 is 5.11 Å². The first-order valence-corrected chi connectivity index (χ1v) is 7.46. The minimum atomic E-state index is -0.642. The fourth-order valence-electron chi connectivity index (χ4n) is 1.83. The molecule has 0 radical (unpaired) electrons. The normalized spacial score (nSPS) is 12.4. The van der Waals surface area contributed by atoms with Gasteiger partial charge in [-0.1, -0.05) is 29.8 Å². The van der Waals surface area contributed by atoms with E-state index >= 15 is 0 Å². The number of aliphatic hydroxyl groups is 1. The number of hydrogen-bond donors (Lipinski definition) is 1. The molecule has 0 aliphatic heterocycles. The molecule has 0 bridgehead atoms. The smallest absolute Gasteiger partial charge is 0.142 e. The van der Waals surface area contributed by atoms with Gasteiger partial charge in [0.25, 0.3) is 0 Å². The molecular weight excluding hydrogens is 283 g/mol. The second-order valence-corrected chi connectivity index (χ2v) is 5.53. The third-order valence-electron chi connectivity index (χ3n) is 2.91. The molecule has 2 aromatic carbocycles. The SMILES string of the molecule is CSc1ccc(C(O)Cc2ccc(Cl)c(F)c2)cc1. The molecule has 100 valence electrons. The van der Waals surface area contributed by atoms with E-state index in [-0.39, 0.29) is 5.02 Å². The van der Waals surface area contributed by atoms with Crippen LogP contribution >= 0.6 is 23.4 Å². The maximum Gasteiger partial charge on any atom is 0.142 e. The van der Waals surface area contributed by atoms with Gasteiger partial charge >= 0.3 is 0 Å². The molecule has 1 N–H and O–H groups in total. The molecule has 0 amide bonds. The van der Waals surface area contributed by atoms with Crippen molar-refractivity contribution in [3.8, 4) is 0 Å². The second-order valence-electron chi connectivity index (χ2n) is 4.24. The highest BCUT2D eigenvalue weighted by molar-refractivity contribution is 7.98. The summed E-state index contributed by atoms with van der Waals surface area (Å²) in [5.41, 5.74) is 1.55. The average Bonchev–Trinajstić information content (AvgIpc) is 2.43. The van der Waals surface area contributed by atoms with Crippen LogP contribution in [0, 0.1) is 5.82 Å². The van der Waals surface area contributed by atoms with Gasteiger partial charge in [-0.25, -0.2) is 4.39 Å². The molecule has 2 aromatic rings. The lowest BCUT2D eigenvalue weighted by molar-refractivity contribution is 0.178. The van der Waals surface area contributed by atoms with Crippen LogP contribution in [-0.4, -0.2) is 11.4 Å². The van der Waals surface area contributed by atoms with Gasteiger partial charge in [0.05, 0.1) is 11.1 Å². The van der Waals surface area contributed by atoms with E-state index in [9.17, 15) is 9.50 Å². The van der Waals surface area contributed by atoms with Crippen LogP contribution in [-0.2, 0) is 6.42 Å². The van der Waals surface area contributed by atoms with E-state index in [0.29, 0.717) is 6.42 Å². The zero-order valence-electron chi connectivity index (χ0n) is 10.4. The summed E-state index contributed by atoms with van der Waals surface area (Å²) in [6.45, 7) is 0. The number of hydrogen-bond acceptors (Lipinski definition) is 2. The Morgan fingerprint density at radius 3 is 2.47 bits per heavy atom. The second kappa shape index (κ2) is 6.42. The molecule has 0 aliphatic rings. The Morgan fingerprint density at radius 1 is 1.21 bits per heavy atom. The highest BCUT2D eigenvalue weighted by Gasteiger charge is 2.10. The summed E-state index contributed by atoms with van der Waals surface area (Å²) in [5.74, 6) is -0.455. The Balaban J connectivity index is 2.10. The maximum atomic E-state index is 13.3. The van der Waals surface area contributed by atoms with Gasteiger partial charge in [0.2, 0.25) is 0 Å². The van der Waals surface area contributed by atoms with E-state index in [2.05, 4.69) is 0 Å². The number of aliphatic hydroxyl groups excluding tert-OH is 1. The molecular formula is C15H14ClFOS. The van der Waals surface area contributed by atoms with Crippen LogP contribution in [0.25, 0.3) is 0 Å². The molecule has 2 rings (SSSR count). The van der Waals surface area contributed by atoms with E-state index < -0.39 is 11.9 Å². The Kier molecular flexibility index (Phi) is 4.86. The summed E-state index contributed by atoms with van der Waals surface area (Å²) in [5, 5.41) is 10.2. The van der Waals surface area contributed by atoms with Crippen molar-refractivity contribution < 1.29 is 9.50 Å². The predicted octanol–water partition coefficient (Wildman–Crippen LogP) is 4.48. The van der Waals surface area contributed by atoms with Crippen LogP contribution in [0.4, 0.5) is 4.39 Å². The van der Waals surface area contributed by atoms with E-state index in [1.807, 2.05) is 30.5 Å². The zero-order chi connectivity index (χ0) is 13.8. The number of benzene rings is 2. The van der Waals surface area contributed by atoms with Gasteiger partial charge in [-0.2, -0.15) is 0 Å². The van der Waals surface area contributed by atoms with E-state index in [0.717, 1.165) is 16.0 Å². The summed E-state index contributed by atoms with van der Waals surface area (Å²) < 4.78 is 13.3. The summed E-state index contributed by atoms with van der Waals surface area (Å²) >= 11 is 7.28. The lowest BCUT2D eigenvalue weighted by Crippen LogP contribution is -2.02. The monoisotopic (exact) mass is 296 g/mol. The molecule has 0 aromatic heterocycles. The van der Waals surface area contributed by atoms with Crippen LogP contribution in [0.2, 0.25) is 5.02 Å². The first kappa shape index (κ1) is 14.4. The van der Waals surface area contributed by atoms with Gasteiger partial charge in [-0.05, 0) is 41.6 Å². The summed E-state index contributed by atoms with van der Waals surface area (Å²) in [6, 6.07) is 12.3. The van der Waals surface area contributed by atoms with Gasteiger partial charge in [0.1, 0.15) is 5.82 Å². The summed E-state index contributed by atoms with van der Waals surface area (Å²) in [6.07, 6.45) is 1.73. The molecule has 19 heavy (non-hydrogen) atoms. The maximum absolute atomic E-state index is 13.3. The van der Waals surface area contributed by atoms with Crippen LogP contribution in [0.3, 0.4) is 0 Å². The molecule has 1 atom stereocenters. The average molecular weight is 297 g/mol. The van der Waals surface area contributed by atoms with Crippen molar-refractivity contribution in [2.75, 3.05) is 6.26 Å². The Hall–Kier alpha value is -1.03. The summed E-state index contributed by atoms with van der Waals surface area (Å²) in [4.78, 5) is 1.15. The number of halogens is 2. The van der Waals surface area contributed by atoms with Crippen LogP contribution < -0.4 is 0 Å². The highest BCUT2D eigenvalue weighted by Crippen LogP contribution is 2.23. The third kappa shape index (κ3) is 3.72. The molecule has 0 spiro atoms. The van der Waals surface area contributed by atoms with Gasteiger partial charge in [0, 0.05) is 11.3 Å². The van der Waals surface area contributed by atoms with Crippen molar-refractivity contribution in [1.29, 1.82) is 0 Å². The molecule has 0 saturated carbocycles. The van der Waals surface area contributed by atoms with Crippen molar-refractivity contribution >= 4 is 23.4 Å². The number of thioether (sulfide) groups is 1. The largest absolute Gasteiger partial charge is 0.388 e. The van der Waals surface area contributed by atoms with Gasteiger partial charge in [-0.3, -0.25) is 0 Å². The molecule has 1 unspecified atom stereocenters. The quantitative estimate of drug-likeness (QED) is 0.840.